The van der Waals surface area contributed by atoms with E-state index in [4.69, 9.17) is 0 Å². The highest BCUT2D eigenvalue weighted by atomic mass is 79.9. The van der Waals surface area contributed by atoms with E-state index < -0.39 is 0 Å². The van der Waals surface area contributed by atoms with Crippen molar-refractivity contribution in [1.82, 2.24) is 0 Å². The molecule has 2 aromatic carbocycles. The minimum Gasteiger partial charge on any atom is -0.326 e. The third-order valence-electron chi connectivity index (χ3n) is 2.87. The molecule has 2 rings (SSSR count). The second-order valence-corrected chi connectivity index (χ2v) is 6.64. The summed E-state index contributed by atoms with van der Waals surface area (Å²) in [5, 5.41) is 2.90. The van der Waals surface area contributed by atoms with E-state index in [1.165, 1.54) is 23.9 Å². The molecule has 0 radical (unpaired) electrons. The summed E-state index contributed by atoms with van der Waals surface area (Å²) in [4.78, 5) is 12.9. The third kappa shape index (κ3) is 5.17. The minimum atomic E-state index is -0.247. The zero-order valence-corrected chi connectivity index (χ0v) is 13.9. The van der Waals surface area contributed by atoms with Crippen LogP contribution in [0.3, 0.4) is 0 Å². The Labute approximate surface area is 136 Å². The fourth-order valence-corrected chi connectivity index (χ4v) is 3.10. The zero-order chi connectivity index (χ0) is 15.2. The van der Waals surface area contributed by atoms with Crippen molar-refractivity contribution in [1.29, 1.82) is 0 Å². The van der Waals surface area contributed by atoms with E-state index in [1.54, 1.807) is 12.1 Å². The minimum absolute atomic E-state index is 0.0185. The SMILES string of the molecule is Cc1cc(Br)ccc1NC(=O)CCSc1ccc(F)cc1. The van der Waals surface area contributed by atoms with Crippen LogP contribution in [-0.4, -0.2) is 11.7 Å². The maximum Gasteiger partial charge on any atom is 0.225 e. The highest BCUT2D eigenvalue weighted by molar-refractivity contribution is 9.10. The van der Waals surface area contributed by atoms with Crippen molar-refractivity contribution < 1.29 is 9.18 Å². The second kappa shape index (κ2) is 7.61. The Morgan fingerprint density at radius 1 is 1.24 bits per heavy atom. The van der Waals surface area contributed by atoms with Crippen LogP contribution in [0, 0.1) is 12.7 Å². The number of amides is 1. The van der Waals surface area contributed by atoms with Gasteiger partial charge in [0.15, 0.2) is 0 Å². The molecular weight excluding hydrogens is 353 g/mol. The summed E-state index contributed by atoms with van der Waals surface area (Å²) >= 11 is 4.93. The number of benzene rings is 2. The molecule has 2 nitrogen and oxygen atoms in total. The van der Waals surface area contributed by atoms with E-state index in [2.05, 4.69) is 21.2 Å². The summed E-state index contributed by atoms with van der Waals surface area (Å²) in [6.45, 7) is 1.95. The topological polar surface area (TPSA) is 29.1 Å². The van der Waals surface area contributed by atoms with E-state index in [1.807, 2.05) is 25.1 Å². The maximum atomic E-state index is 12.8. The molecule has 0 unspecified atom stereocenters. The Bertz CT molecular complexity index is 631. The molecule has 0 aliphatic heterocycles. The van der Waals surface area contributed by atoms with Crippen LogP contribution < -0.4 is 5.32 Å². The summed E-state index contributed by atoms with van der Waals surface area (Å²) in [7, 11) is 0. The van der Waals surface area contributed by atoms with Crippen molar-refractivity contribution in [2.24, 2.45) is 0 Å². The molecule has 0 bridgehead atoms. The molecule has 0 aromatic heterocycles. The number of thioether (sulfide) groups is 1. The van der Waals surface area contributed by atoms with Gasteiger partial charge in [-0.25, -0.2) is 4.39 Å². The molecule has 0 saturated heterocycles. The lowest BCUT2D eigenvalue weighted by molar-refractivity contribution is -0.115. The van der Waals surface area contributed by atoms with Crippen LogP contribution in [-0.2, 0) is 4.79 Å². The largest absolute Gasteiger partial charge is 0.326 e. The molecule has 0 heterocycles. The fraction of sp³-hybridized carbons (Fsp3) is 0.188. The molecule has 21 heavy (non-hydrogen) atoms. The van der Waals surface area contributed by atoms with E-state index in [-0.39, 0.29) is 11.7 Å². The first-order chi connectivity index (χ1) is 10.0. The van der Waals surface area contributed by atoms with Gasteiger partial charge in [0, 0.05) is 27.2 Å². The lowest BCUT2D eigenvalue weighted by Gasteiger charge is -2.08. The Hall–Kier alpha value is -1.33. The molecule has 1 N–H and O–H groups in total. The smallest absolute Gasteiger partial charge is 0.225 e. The van der Waals surface area contributed by atoms with Gasteiger partial charge in [-0.05, 0) is 55.0 Å². The predicted molar refractivity (Wildman–Crippen MR) is 89.2 cm³/mol. The molecule has 1 amide bonds. The Kier molecular flexibility index (Phi) is 5.82. The van der Waals surface area contributed by atoms with Gasteiger partial charge in [0.05, 0.1) is 0 Å². The van der Waals surface area contributed by atoms with Crippen LogP contribution in [0.25, 0.3) is 0 Å². The summed E-state index contributed by atoms with van der Waals surface area (Å²) in [6.07, 6.45) is 0.414. The monoisotopic (exact) mass is 367 g/mol. The van der Waals surface area contributed by atoms with Crippen LogP contribution in [0.4, 0.5) is 10.1 Å². The van der Waals surface area contributed by atoms with Gasteiger partial charge < -0.3 is 5.32 Å². The zero-order valence-electron chi connectivity index (χ0n) is 11.5. The quantitative estimate of drug-likeness (QED) is 0.751. The summed E-state index contributed by atoms with van der Waals surface area (Å²) in [6, 6.07) is 12.0. The lowest BCUT2D eigenvalue weighted by atomic mass is 10.2. The average Bonchev–Trinajstić information content (AvgIpc) is 2.44. The fourth-order valence-electron chi connectivity index (χ4n) is 1.77. The summed E-state index contributed by atoms with van der Waals surface area (Å²) in [5.74, 6) is 0.394. The van der Waals surface area contributed by atoms with Gasteiger partial charge in [-0.15, -0.1) is 11.8 Å². The number of halogens is 2. The number of carbonyl (C=O) groups is 1. The van der Waals surface area contributed by atoms with E-state index >= 15 is 0 Å². The van der Waals surface area contributed by atoms with Crippen LogP contribution >= 0.6 is 27.7 Å². The molecule has 0 atom stereocenters. The summed E-state index contributed by atoms with van der Waals surface area (Å²) in [5.41, 5.74) is 1.85. The number of carbonyl (C=O) groups excluding carboxylic acids is 1. The number of aryl methyl sites for hydroxylation is 1. The van der Waals surface area contributed by atoms with Crippen molar-refractivity contribution in [3.63, 3.8) is 0 Å². The first-order valence-corrected chi connectivity index (χ1v) is 8.27. The normalized spacial score (nSPS) is 10.4. The van der Waals surface area contributed by atoms with Crippen LogP contribution in [0.2, 0.25) is 0 Å². The number of hydrogen-bond acceptors (Lipinski definition) is 2. The van der Waals surface area contributed by atoms with Gasteiger partial charge in [-0.1, -0.05) is 15.9 Å². The first kappa shape index (κ1) is 16.0. The van der Waals surface area contributed by atoms with Gasteiger partial charge in [0.2, 0.25) is 5.91 Å². The highest BCUT2D eigenvalue weighted by Crippen LogP contribution is 2.21. The molecule has 5 heteroatoms. The molecule has 110 valence electrons. The standard InChI is InChI=1S/C16H15BrFNOS/c1-11-10-12(17)2-7-15(11)19-16(20)8-9-21-14-5-3-13(18)4-6-14/h2-7,10H,8-9H2,1H3,(H,19,20). The average molecular weight is 368 g/mol. The van der Waals surface area contributed by atoms with Gasteiger partial charge in [-0.3, -0.25) is 4.79 Å². The van der Waals surface area contributed by atoms with Crippen molar-refractivity contribution in [3.05, 3.63) is 58.3 Å². The molecule has 2 aromatic rings. The molecular formula is C16H15BrFNOS. The van der Waals surface area contributed by atoms with Crippen molar-refractivity contribution >= 4 is 39.3 Å². The third-order valence-corrected chi connectivity index (χ3v) is 4.38. The number of nitrogens with one attached hydrogen (secondary N) is 1. The summed E-state index contributed by atoms with van der Waals surface area (Å²) < 4.78 is 13.8. The van der Waals surface area contributed by atoms with Crippen molar-refractivity contribution in [2.75, 3.05) is 11.1 Å². The van der Waals surface area contributed by atoms with Crippen molar-refractivity contribution in [2.45, 2.75) is 18.2 Å². The lowest BCUT2D eigenvalue weighted by Crippen LogP contribution is -2.13. The molecule has 0 saturated carbocycles. The van der Waals surface area contributed by atoms with Gasteiger partial charge in [0.1, 0.15) is 5.82 Å². The van der Waals surface area contributed by atoms with E-state index in [0.29, 0.717) is 12.2 Å². The molecule has 0 aliphatic carbocycles. The van der Waals surface area contributed by atoms with Crippen LogP contribution in [0.5, 0.6) is 0 Å². The van der Waals surface area contributed by atoms with E-state index in [9.17, 15) is 9.18 Å². The number of rotatable bonds is 5. The predicted octanol–water partition coefficient (Wildman–Crippen LogP) is 5.02. The Morgan fingerprint density at radius 2 is 1.95 bits per heavy atom. The van der Waals surface area contributed by atoms with Crippen LogP contribution in [0.1, 0.15) is 12.0 Å². The van der Waals surface area contributed by atoms with Gasteiger partial charge >= 0.3 is 0 Å². The van der Waals surface area contributed by atoms with Crippen molar-refractivity contribution in [3.8, 4) is 0 Å². The Morgan fingerprint density at radius 3 is 2.62 bits per heavy atom. The Balaban J connectivity index is 1.81. The molecule has 0 aliphatic rings. The van der Waals surface area contributed by atoms with E-state index in [0.717, 1.165) is 20.6 Å². The van der Waals surface area contributed by atoms with Crippen LogP contribution in [0.15, 0.2) is 51.8 Å². The molecule has 0 spiro atoms. The van der Waals surface area contributed by atoms with Gasteiger partial charge in [-0.2, -0.15) is 0 Å². The number of hydrogen-bond donors (Lipinski definition) is 1. The highest BCUT2D eigenvalue weighted by Gasteiger charge is 2.05. The van der Waals surface area contributed by atoms with Gasteiger partial charge in [0.25, 0.3) is 0 Å². The first-order valence-electron chi connectivity index (χ1n) is 6.49. The second-order valence-electron chi connectivity index (χ2n) is 4.56. The maximum absolute atomic E-state index is 12.8. The number of anilines is 1. The molecule has 0 fully saturated rings.